The van der Waals surface area contributed by atoms with Gasteiger partial charge in [0, 0.05) is 16.5 Å². The van der Waals surface area contributed by atoms with Crippen LogP contribution in [0.2, 0.25) is 15.1 Å². The maximum Gasteiger partial charge on any atom is 0.762 e. The molecule has 22 heavy (non-hydrogen) atoms. The fourth-order valence-electron chi connectivity index (χ4n) is 2.06. The number of hydrogen-bond donors (Lipinski definition) is 0. The van der Waals surface area contributed by atoms with E-state index in [1.165, 1.54) is 0 Å². The second kappa shape index (κ2) is 8.03. The quantitative estimate of drug-likeness (QED) is 0.413. The zero-order valence-corrected chi connectivity index (χ0v) is 13.2. The summed E-state index contributed by atoms with van der Waals surface area (Å²) in [6.45, 7) is 0.998. The molecule has 0 aliphatic carbocycles. The van der Waals surface area contributed by atoms with Crippen molar-refractivity contribution in [3.05, 3.63) is 39.4 Å². The third-order valence-corrected chi connectivity index (χ3v) is 3.61. The van der Waals surface area contributed by atoms with Gasteiger partial charge < -0.3 is 4.70 Å². The van der Waals surface area contributed by atoms with Crippen molar-refractivity contribution in [1.29, 1.82) is 0 Å². The van der Waals surface area contributed by atoms with Gasteiger partial charge in [0.1, 0.15) is 0 Å². The average Bonchev–Trinajstić information content (AvgIpc) is 2.86. The lowest BCUT2D eigenvalue weighted by Crippen LogP contribution is -3.00. The van der Waals surface area contributed by atoms with Crippen molar-refractivity contribution in [3.63, 3.8) is 0 Å². The van der Waals surface area contributed by atoms with Gasteiger partial charge in [0.2, 0.25) is 6.33 Å². The Balaban J connectivity index is 0.000000436. The van der Waals surface area contributed by atoms with E-state index in [2.05, 4.69) is 9.67 Å². The number of halogens is 7. The predicted octanol–water partition coefficient (Wildman–Crippen LogP) is 0.950. The molecule has 0 N–H and O–H groups in total. The molecule has 0 fully saturated rings. The Morgan fingerprint density at radius 3 is 2.18 bits per heavy atom. The summed E-state index contributed by atoms with van der Waals surface area (Å²) in [4.78, 5) is 0. The van der Waals surface area contributed by atoms with Crippen LogP contribution < -0.4 is 9.27 Å². The van der Waals surface area contributed by atoms with Crippen LogP contribution in [0.3, 0.4) is 0 Å². The van der Waals surface area contributed by atoms with Gasteiger partial charge in [-0.2, -0.15) is 0 Å². The number of fused-ring (bicyclic) bond motifs is 1. The third-order valence-electron chi connectivity index (χ3n) is 2.81. The van der Waals surface area contributed by atoms with Crippen LogP contribution in [0.1, 0.15) is 12.2 Å². The minimum absolute atomic E-state index is 0. The highest BCUT2D eigenvalue weighted by Crippen LogP contribution is 2.31. The van der Waals surface area contributed by atoms with Crippen molar-refractivity contribution in [3.8, 4) is 5.69 Å². The first kappa shape index (κ1) is 19.1. The highest BCUT2D eigenvalue weighted by Gasteiger charge is 2.25. The molecule has 0 unspecified atom stereocenters. The van der Waals surface area contributed by atoms with Crippen LogP contribution >= 0.6 is 34.8 Å². The molecule has 0 saturated carbocycles. The molecule has 0 amide bonds. The molecule has 0 radical (unpaired) electrons. The van der Waals surface area contributed by atoms with Crippen LogP contribution in [0.5, 0.6) is 0 Å². The molecule has 1 aliphatic rings. The zero-order chi connectivity index (χ0) is 15.6. The average molecular weight is 376 g/mol. The molecular weight excluding hydrogens is 367 g/mol. The number of benzene rings is 1. The van der Waals surface area contributed by atoms with E-state index >= 15 is 0 Å². The SMILES string of the molecule is Clc1cc(Cl)c(-n2c[n+]3c(n2)CCC3)c(Cl)c1.FB(F)F.[F-]. The summed E-state index contributed by atoms with van der Waals surface area (Å²) in [5.41, 5.74) is 0.680. The molecular formula is C11H9BCl3F4N3. The van der Waals surface area contributed by atoms with Gasteiger partial charge in [-0.15, -0.1) is 0 Å². The van der Waals surface area contributed by atoms with Crippen LogP contribution in [-0.2, 0) is 13.0 Å². The van der Waals surface area contributed by atoms with Gasteiger partial charge in [-0.05, 0) is 18.6 Å². The first-order valence-electron chi connectivity index (χ1n) is 5.93. The Morgan fingerprint density at radius 2 is 1.68 bits per heavy atom. The van der Waals surface area contributed by atoms with Crippen LogP contribution in [0.25, 0.3) is 5.69 Å². The molecule has 0 atom stereocenters. The molecule has 2 aromatic rings. The monoisotopic (exact) mass is 375 g/mol. The largest absolute Gasteiger partial charge is 1.00 e. The van der Waals surface area contributed by atoms with Crippen molar-refractivity contribution < 1.29 is 22.2 Å². The van der Waals surface area contributed by atoms with Crippen molar-refractivity contribution >= 4 is 42.3 Å². The van der Waals surface area contributed by atoms with Gasteiger partial charge in [0.15, 0.2) is 5.69 Å². The lowest BCUT2D eigenvalue weighted by molar-refractivity contribution is -0.691. The number of nitrogens with zero attached hydrogens (tertiary/aromatic N) is 3. The smallest absolute Gasteiger partial charge is 0.762 e. The summed E-state index contributed by atoms with van der Waals surface area (Å²) in [7, 11) is -3.67. The maximum atomic E-state index is 9.67. The van der Waals surface area contributed by atoms with E-state index in [1.54, 1.807) is 16.8 Å². The zero-order valence-electron chi connectivity index (χ0n) is 10.9. The lowest BCUT2D eigenvalue weighted by atomic mass is 10.3. The van der Waals surface area contributed by atoms with Gasteiger partial charge in [0.05, 0.1) is 16.6 Å². The van der Waals surface area contributed by atoms with E-state index in [4.69, 9.17) is 34.8 Å². The summed E-state index contributed by atoms with van der Waals surface area (Å²) in [5.74, 6) is 1.06. The van der Waals surface area contributed by atoms with Gasteiger partial charge in [-0.1, -0.05) is 39.5 Å². The van der Waals surface area contributed by atoms with Crippen LogP contribution in [0.4, 0.5) is 12.9 Å². The number of rotatable bonds is 1. The number of hydrogen-bond acceptors (Lipinski definition) is 1. The predicted molar refractivity (Wildman–Crippen MR) is 76.2 cm³/mol. The summed E-state index contributed by atoms with van der Waals surface area (Å²) in [6, 6.07) is 3.34. The summed E-state index contributed by atoms with van der Waals surface area (Å²) in [5, 5.41) is 6.01. The Bertz CT molecular complexity index is 606. The van der Waals surface area contributed by atoms with Gasteiger partial charge in [-0.3, -0.25) is 12.9 Å². The highest BCUT2D eigenvalue weighted by atomic mass is 35.5. The van der Waals surface area contributed by atoms with E-state index in [9.17, 15) is 12.9 Å². The molecule has 1 aliphatic heterocycles. The maximum absolute atomic E-state index is 9.67. The molecule has 0 saturated heterocycles. The first-order valence-corrected chi connectivity index (χ1v) is 7.07. The highest BCUT2D eigenvalue weighted by molar-refractivity contribution is 6.40. The van der Waals surface area contributed by atoms with Crippen LogP contribution in [-0.4, -0.2) is 17.3 Å². The van der Waals surface area contributed by atoms with Gasteiger partial charge >= 0.3 is 7.54 Å². The Hall–Kier alpha value is -0.985. The molecule has 2 heterocycles. The Morgan fingerprint density at radius 1 is 1.14 bits per heavy atom. The fraction of sp³-hybridized carbons (Fsp3) is 0.273. The molecule has 3 rings (SSSR count). The Labute approximate surface area is 139 Å². The van der Waals surface area contributed by atoms with Crippen molar-refractivity contribution in [1.82, 2.24) is 9.78 Å². The lowest BCUT2D eigenvalue weighted by Gasteiger charge is -2.01. The normalized spacial score (nSPS) is 12.1. The molecule has 11 heteroatoms. The standard InChI is InChI=1S/C11H9Cl3N3.BF3.FH/c12-7-4-8(13)11(9(14)5-7)17-6-16-3-1-2-10(16)15-17;2-1(3)4;/h4-6H,1-3H2;;1H/q+1;;/p-1. The van der Waals surface area contributed by atoms with E-state index in [-0.39, 0.29) is 4.70 Å². The first-order chi connectivity index (χ1) is 9.88. The van der Waals surface area contributed by atoms with Crippen molar-refractivity contribution in [2.75, 3.05) is 0 Å². The summed E-state index contributed by atoms with van der Waals surface area (Å²) >= 11 is 18.2. The minimum atomic E-state index is -3.67. The minimum Gasteiger partial charge on any atom is -1.00 e. The van der Waals surface area contributed by atoms with Gasteiger partial charge in [-0.25, -0.2) is 4.57 Å². The molecule has 1 aromatic carbocycles. The van der Waals surface area contributed by atoms with E-state index in [0.29, 0.717) is 20.8 Å². The van der Waals surface area contributed by atoms with Crippen LogP contribution in [0, 0.1) is 0 Å². The van der Waals surface area contributed by atoms with Crippen LogP contribution in [0.15, 0.2) is 18.5 Å². The van der Waals surface area contributed by atoms with Gasteiger partial charge in [0.25, 0.3) is 5.82 Å². The number of aryl methyl sites for hydroxylation is 2. The molecule has 0 bridgehead atoms. The number of aromatic nitrogens is 3. The Kier molecular flexibility index (Phi) is 6.96. The van der Waals surface area contributed by atoms with E-state index in [0.717, 1.165) is 25.2 Å². The van der Waals surface area contributed by atoms with E-state index in [1.807, 2.05) is 6.33 Å². The second-order valence-electron chi connectivity index (χ2n) is 4.24. The second-order valence-corrected chi connectivity index (χ2v) is 5.49. The molecule has 120 valence electrons. The summed E-state index contributed by atoms with van der Waals surface area (Å²) < 4.78 is 32.8. The fourth-order valence-corrected chi connectivity index (χ4v) is 3.05. The molecule has 3 nitrogen and oxygen atoms in total. The molecule has 1 aromatic heterocycles. The molecule has 0 spiro atoms. The van der Waals surface area contributed by atoms with Crippen molar-refractivity contribution in [2.24, 2.45) is 0 Å². The van der Waals surface area contributed by atoms with Crippen molar-refractivity contribution in [2.45, 2.75) is 19.4 Å². The topological polar surface area (TPSA) is 21.7 Å². The summed E-state index contributed by atoms with van der Waals surface area (Å²) in [6.07, 6.45) is 4.06. The third kappa shape index (κ3) is 4.50. The van der Waals surface area contributed by atoms with E-state index < -0.39 is 7.54 Å².